The fraction of sp³-hybridized carbons (Fsp3) is 0.227. The lowest BCUT2D eigenvalue weighted by Crippen LogP contribution is -2.40. The number of hydrogen-bond donors (Lipinski definition) is 1. The fourth-order valence-electron chi connectivity index (χ4n) is 3.73. The van der Waals surface area contributed by atoms with Crippen molar-refractivity contribution >= 4 is 32.8 Å². The Morgan fingerprint density at radius 3 is 2.52 bits per heavy atom. The molecule has 1 unspecified atom stereocenters. The second-order valence-corrected chi connectivity index (χ2v) is 10.2. The number of thiophene rings is 1. The first-order valence-corrected chi connectivity index (χ1v) is 12.1. The molecule has 2 aromatic carbocycles. The maximum absolute atomic E-state index is 12.7. The van der Waals surface area contributed by atoms with E-state index in [1.165, 1.54) is 34.4 Å². The van der Waals surface area contributed by atoms with Crippen molar-refractivity contribution in [2.45, 2.75) is 17.4 Å². The van der Waals surface area contributed by atoms with Crippen LogP contribution in [0.3, 0.4) is 0 Å². The second-order valence-electron chi connectivity index (χ2n) is 7.18. The number of carbonyl (C=O) groups is 1. The van der Waals surface area contributed by atoms with E-state index < -0.39 is 9.84 Å². The molecule has 7 heteroatoms. The molecule has 0 saturated carbocycles. The van der Waals surface area contributed by atoms with Crippen LogP contribution in [0.25, 0.3) is 0 Å². The summed E-state index contributed by atoms with van der Waals surface area (Å²) in [6, 6.07) is 18.7. The van der Waals surface area contributed by atoms with Gasteiger partial charge in [0.05, 0.1) is 17.5 Å². The minimum absolute atomic E-state index is 0.0598. The quantitative estimate of drug-likeness (QED) is 0.675. The Hall–Kier alpha value is -2.48. The number of nitrogens with zero attached hydrogens (tertiary/aromatic N) is 1. The third-order valence-electron chi connectivity index (χ3n) is 5.09. The van der Waals surface area contributed by atoms with E-state index >= 15 is 0 Å². The SMILES string of the molecule is CS(=O)(=O)c1ccc(NC(=O)CN2CCc3sccc3C2c2ccccc2)cc1. The van der Waals surface area contributed by atoms with Crippen LogP contribution in [0.4, 0.5) is 5.69 Å². The predicted molar refractivity (Wildman–Crippen MR) is 116 cm³/mol. The minimum Gasteiger partial charge on any atom is -0.325 e. The molecule has 0 bridgehead atoms. The molecular weight excluding hydrogens is 404 g/mol. The van der Waals surface area contributed by atoms with Crippen LogP contribution in [0.1, 0.15) is 22.0 Å². The molecule has 0 radical (unpaired) electrons. The predicted octanol–water partition coefficient (Wildman–Crippen LogP) is 3.74. The van der Waals surface area contributed by atoms with Gasteiger partial charge in [0.25, 0.3) is 0 Å². The molecule has 29 heavy (non-hydrogen) atoms. The summed E-state index contributed by atoms with van der Waals surface area (Å²) in [6.45, 7) is 1.08. The van der Waals surface area contributed by atoms with E-state index in [1.54, 1.807) is 23.5 Å². The molecule has 150 valence electrons. The van der Waals surface area contributed by atoms with E-state index in [4.69, 9.17) is 0 Å². The van der Waals surface area contributed by atoms with Crippen LogP contribution in [-0.2, 0) is 21.1 Å². The standard InChI is InChI=1S/C22H22N2O3S2/c1-29(26,27)18-9-7-17(8-10-18)23-21(25)15-24-13-11-20-19(12-14-28-20)22(24)16-5-3-2-4-6-16/h2-10,12,14,22H,11,13,15H2,1H3,(H,23,25). The monoisotopic (exact) mass is 426 g/mol. The highest BCUT2D eigenvalue weighted by Crippen LogP contribution is 2.37. The summed E-state index contributed by atoms with van der Waals surface area (Å²) in [5, 5.41) is 5.00. The second kappa shape index (κ2) is 8.10. The van der Waals surface area contributed by atoms with Crippen molar-refractivity contribution < 1.29 is 13.2 Å². The molecule has 5 nitrogen and oxygen atoms in total. The van der Waals surface area contributed by atoms with Crippen molar-refractivity contribution in [1.29, 1.82) is 0 Å². The average molecular weight is 427 g/mol. The first-order valence-electron chi connectivity index (χ1n) is 9.37. The summed E-state index contributed by atoms with van der Waals surface area (Å²) in [6.07, 6.45) is 2.10. The lowest BCUT2D eigenvalue weighted by molar-refractivity contribution is -0.117. The topological polar surface area (TPSA) is 66.5 Å². The molecule has 1 atom stereocenters. The number of hydrogen-bond acceptors (Lipinski definition) is 5. The third kappa shape index (κ3) is 4.42. The van der Waals surface area contributed by atoms with Gasteiger partial charge in [-0.05, 0) is 53.3 Å². The summed E-state index contributed by atoms with van der Waals surface area (Å²) in [5.41, 5.74) is 3.04. The number of fused-ring (bicyclic) bond motifs is 1. The highest BCUT2D eigenvalue weighted by Gasteiger charge is 2.30. The van der Waals surface area contributed by atoms with E-state index in [0.29, 0.717) is 5.69 Å². The highest BCUT2D eigenvalue weighted by molar-refractivity contribution is 7.90. The van der Waals surface area contributed by atoms with Crippen molar-refractivity contribution in [3.63, 3.8) is 0 Å². The molecule has 0 fully saturated rings. The zero-order valence-corrected chi connectivity index (χ0v) is 17.7. The summed E-state index contributed by atoms with van der Waals surface area (Å²) in [5.74, 6) is -0.114. The lowest BCUT2D eigenvalue weighted by Gasteiger charge is -2.35. The molecule has 2 heterocycles. The Morgan fingerprint density at radius 1 is 1.10 bits per heavy atom. The molecule has 3 aromatic rings. The van der Waals surface area contributed by atoms with Gasteiger partial charge >= 0.3 is 0 Å². The maximum Gasteiger partial charge on any atom is 0.238 e. The maximum atomic E-state index is 12.7. The molecule has 0 spiro atoms. The summed E-state index contributed by atoms with van der Waals surface area (Å²) >= 11 is 1.77. The van der Waals surface area contributed by atoms with Gasteiger partial charge in [0.15, 0.2) is 9.84 Å². The number of rotatable bonds is 5. The van der Waals surface area contributed by atoms with Crippen LogP contribution >= 0.6 is 11.3 Å². The molecule has 0 saturated heterocycles. The number of benzene rings is 2. The molecule has 1 aromatic heterocycles. The van der Waals surface area contributed by atoms with Gasteiger partial charge in [-0.25, -0.2) is 8.42 Å². The van der Waals surface area contributed by atoms with Crippen LogP contribution < -0.4 is 5.32 Å². The molecular formula is C22H22N2O3S2. The number of carbonyl (C=O) groups excluding carboxylic acids is 1. The summed E-state index contributed by atoms with van der Waals surface area (Å²) in [7, 11) is -3.25. The molecule has 1 N–H and O–H groups in total. The van der Waals surface area contributed by atoms with E-state index in [9.17, 15) is 13.2 Å². The van der Waals surface area contributed by atoms with Crippen LogP contribution in [0.15, 0.2) is 70.9 Å². The minimum atomic E-state index is -3.25. The number of nitrogens with one attached hydrogen (secondary N) is 1. The van der Waals surface area contributed by atoms with Gasteiger partial charge in [-0.3, -0.25) is 9.69 Å². The number of anilines is 1. The van der Waals surface area contributed by atoms with Gasteiger partial charge in [0, 0.05) is 23.4 Å². The molecule has 1 aliphatic heterocycles. The largest absolute Gasteiger partial charge is 0.325 e. The normalized spacial score (nSPS) is 16.9. The molecule has 1 amide bonds. The Morgan fingerprint density at radius 2 is 1.83 bits per heavy atom. The van der Waals surface area contributed by atoms with E-state index in [0.717, 1.165) is 13.0 Å². The van der Waals surface area contributed by atoms with Gasteiger partial charge in [-0.15, -0.1) is 11.3 Å². The van der Waals surface area contributed by atoms with E-state index in [1.807, 2.05) is 18.2 Å². The summed E-state index contributed by atoms with van der Waals surface area (Å²) in [4.78, 5) is 16.5. The van der Waals surface area contributed by atoms with Crippen molar-refractivity contribution in [1.82, 2.24) is 4.90 Å². The van der Waals surface area contributed by atoms with E-state index in [-0.39, 0.29) is 23.4 Å². The Kier molecular flexibility index (Phi) is 5.54. The Bertz CT molecular complexity index is 1110. The van der Waals surface area contributed by atoms with Crippen LogP contribution in [0.5, 0.6) is 0 Å². The first-order chi connectivity index (χ1) is 13.9. The highest BCUT2D eigenvalue weighted by atomic mass is 32.2. The zero-order valence-electron chi connectivity index (χ0n) is 16.0. The van der Waals surface area contributed by atoms with Crippen molar-refractivity contribution in [3.8, 4) is 0 Å². The van der Waals surface area contributed by atoms with Crippen molar-refractivity contribution in [2.24, 2.45) is 0 Å². The summed E-state index contributed by atoms with van der Waals surface area (Å²) < 4.78 is 23.2. The van der Waals surface area contributed by atoms with Crippen molar-refractivity contribution in [2.75, 3.05) is 24.7 Å². The van der Waals surface area contributed by atoms with Crippen LogP contribution in [0, 0.1) is 0 Å². The van der Waals surface area contributed by atoms with E-state index in [2.05, 4.69) is 33.8 Å². The first kappa shape index (κ1) is 19.8. The van der Waals surface area contributed by atoms with Gasteiger partial charge in [-0.1, -0.05) is 30.3 Å². The fourth-order valence-corrected chi connectivity index (χ4v) is 5.27. The van der Waals surface area contributed by atoms with Crippen molar-refractivity contribution in [3.05, 3.63) is 82.0 Å². The molecule has 1 aliphatic rings. The molecule has 4 rings (SSSR count). The van der Waals surface area contributed by atoms with Gasteiger partial charge in [-0.2, -0.15) is 0 Å². The van der Waals surface area contributed by atoms with Crippen LogP contribution in [0.2, 0.25) is 0 Å². The van der Waals surface area contributed by atoms with Gasteiger partial charge < -0.3 is 5.32 Å². The Labute approximate surface area is 174 Å². The number of amides is 1. The molecule has 0 aliphatic carbocycles. The van der Waals surface area contributed by atoms with Crippen LogP contribution in [-0.4, -0.2) is 38.6 Å². The smallest absolute Gasteiger partial charge is 0.238 e. The number of sulfone groups is 1. The zero-order chi connectivity index (χ0) is 20.4. The average Bonchev–Trinajstić information content (AvgIpc) is 3.17. The Balaban J connectivity index is 1.51. The third-order valence-corrected chi connectivity index (χ3v) is 7.22. The lowest BCUT2D eigenvalue weighted by atomic mass is 9.93. The van der Waals surface area contributed by atoms with Gasteiger partial charge in [0.2, 0.25) is 5.91 Å². The van der Waals surface area contributed by atoms with Gasteiger partial charge in [0.1, 0.15) is 0 Å².